The van der Waals surface area contributed by atoms with Crippen LogP contribution in [-0.2, 0) is 7.05 Å². The molecule has 1 aromatic carbocycles. The van der Waals surface area contributed by atoms with Crippen LogP contribution in [0.2, 0.25) is 0 Å². The second kappa shape index (κ2) is 9.37. The highest BCUT2D eigenvalue weighted by Gasteiger charge is 2.23. The molecule has 1 atom stereocenters. The number of benzene rings is 1. The third-order valence-corrected chi connectivity index (χ3v) is 4.93. The number of carbonyl (C=O) groups excluding carboxylic acids is 1. The molecule has 0 aliphatic heterocycles. The van der Waals surface area contributed by atoms with Crippen LogP contribution in [0.1, 0.15) is 63.1 Å². The Morgan fingerprint density at radius 3 is 2.53 bits per heavy atom. The molecule has 2 N–H and O–H groups in total. The maximum absolute atomic E-state index is 15.2. The molecule has 0 saturated heterocycles. The topological polar surface area (TPSA) is 107 Å². The van der Waals surface area contributed by atoms with E-state index in [-0.39, 0.29) is 29.0 Å². The molecule has 1 unspecified atom stereocenters. The summed E-state index contributed by atoms with van der Waals surface area (Å²) in [6, 6.07) is 3.99. The lowest BCUT2D eigenvalue weighted by atomic mass is 10.1. The predicted molar refractivity (Wildman–Crippen MR) is 119 cm³/mol. The van der Waals surface area contributed by atoms with Crippen molar-refractivity contribution < 1.29 is 13.9 Å². The fourth-order valence-electron chi connectivity index (χ4n) is 3.53. The molecule has 0 bridgehead atoms. The summed E-state index contributed by atoms with van der Waals surface area (Å²) in [6.07, 6.45) is 2.05. The van der Waals surface area contributed by atoms with Gasteiger partial charge in [-0.2, -0.15) is 9.78 Å². The van der Waals surface area contributed by atoms with Gasteiger partial charge in [0.1, 0.15) is 23.1 Å². The monoisotopic (exact) mass is 444 g/mol. The van der Waals surface area contributed by atoms with E-state index in [4.69, 9.17) is 4.74 Å². The van der Waals surface area contributed by atoms with Crippen molar-refractivity contribution in [3.8, 4) is 11.4 Å². The molecule has 32 heavy (non-hydrogen) atoms. The summed E-state index contributed by atoms with van der Waals surface area (Å²) >= 11 is 0. The number of anilines is 1. The van der Waals surface area contributed by atoms with Crippen molar-refractivity contribution in [2.75, 3.05) is 5.32 Å². The third kappa shape index (κ3) is 4.90. The van der Waals surface area contributed by atoms with E-state index in [2.05, 4.69) is 34.5 Å². The van der Waals surface area contributed by atoms with E-state index in [0.717, 1.165) is 17.2 Å². The van der Waals surface area contributed by atoms with Crippen molar-refractivity contribution in [3.63, 3.8) is 0 Å². The molecule has 0 radical (unpaired) electrons. The SMILES string of the molecule is CC(C)CC(C)Oc1cc(-n2nc(C(C)C)n(C)c2=O)c(F)cc1C(=O)Nc1cc[nH]n1. The number of nitrogens with one attached hydrogen (secondary N) is 2. The first-order chi connectivity index (χ1) is 15.1. The summed E-state index contributed by atoms with van der Waals surface area (Å²) in [5.74, 6) is -0.0437. The molecule has 3 aromatic rings. The Hall–Kier alpha value is -3.43. The maximum atomic E-state index is 15.2. The summed E-state index contributed by atoms with van der Waals surface area (Å²) in [5, 5.41) is 13.4. The van der Waals surface area contributed by atoms with Crippen LogP contribution in [0.4, 0.5) is 10.2 Å². The quantitative estimate of drug-likeness (QED) is 0.552. The summed E-state index contributed by atoms with van der Waals surface area (Å²) in [5.41, 5.74) is -0.569. The van der Waals surface area contributed by atoms with Crippen LogP contribution >= 0.6 is 0 Å². The molecule has 10 heteroatoms. The molecule has 172 valence electrons. The van der Waals surface area contributed by atoms with E-state index in [1.54, 1.807) is 19.3 Å². The first-order valence-corrected chi connectivity index (χ1v) is 10.6. The second-order valence-corrected chi connectivity index (χ2v) is 8.54. The number of aromatic amines is 1. The Kier molecular flexibility index (Phi) is 6.81. The van der Waals surface area contributed by atoms with Crippen LogP contribution < -0.4 is 15.7 Å². The molecule has 0 aliphatic carbocycles. The van der Waals surface area contributed by atoms with Crippen molar-refractivity contribution in [1.29, 1.82) is 0 Å². The van der Waals surface area contributed by atoms with Crippen molar-refractivity contribution in [1.82, 2.24) is 24.5 Å². The zero-order valence-electron chi connectivity index (χ0n) is 19.1. The summed E-state index contributed by atoms with van der Waals surface area (Å²) in [6.45, 7) is 9.78. The highest BCUT2D eigenvalue weighted by atomic mass is 19.1. The van der Waals surface area contributed by atoms with E-state index >= 15 is 4.39 Å². The largest absolute Gasteiger partial charge is 0.490 e. The van der Waals surface area contributed by atoms with Crippen LogP contribution in [-0.4, -0.2) is 36.6 Å². The number of aromatic nitrogens is 5. The first-order valence-electron chi connectivity index (χ1n) is 10.6. The molecule has 2 aromatic heterocycles. The number of hydrogen-bond acceptors (Lipinski definition) is 5. The van der Waals surface area contributed by atoms with Crippen LogP contribution in [0.5, 0.6) is 5.75 Å². The molecule has 1 amide bonds. The molecule has 0 saturated carbocycles. The Balaban J connectivity index is 2.09. The third-order valence-electron chi connectivity index (χ3n) is 4.93. The van der Waals surface area contributed by atoms with Crippen LogP contribution in [0.15, 0.2) is 29.2 Å². The Bertz CT molecular complexity index is 1150. The van der Waals surface area contributed by atoms with Gasteiger partial charge in [0.05, 0.1) is 11.7 Å². The van der Waals surface area contributed by atoms with E-state index in [1.165, 1.54) is 10.6 Å². The average Bonchev–Trinajstić information content (AvgIpc) is 3.31. The number of hydrogen-bond donors (Lipinski definition) is 2. The first kappa shape index (κ1) is 23.2. The Morgan fingerprint density at radius 1 is 1.25 bits per heavy atom. The lowest BCUT2D eigenvalue weighted by molar-refractivity contribution is 0.101. The Morgan fingerprint density at radius 2 is 1.97 bits per heavy atom. The normalized spacial score (nSPS) is 12.4. The molecule has 0 spiro atoms. The van der Waals surface area contributed by atoms with Gasteiger partial charge in [-0.15, -0.1) is 5.10 Å². The summed E-state index contributed by atoms with van der Waals surface area (Å²) in [4.78, 5) is 25.6. The number of halogens is 1. The zero-order chi connectivity index (χ0) is 23.6. The smallest absolute Gasteiger partial charge is 0.350 e. The summed E-state index contributed by atoms with van der Waals surface area (Å²) < 4.78 is 23.6. The van der Waals surface area contributed by atoms with Gasteiger partial charge in [0.2, 0.25) is 0 Å². The lowest BCUT2D eigenvalue weighted by Crippen LogP contribution is -2.24. The van der Waals surface area contributed by atoms with Crippen molar-refractivity contribution in [3.05, 3.63) is 52.1 Å². The van der Waals surface area contributed by atoms with Crippen molar-refractivity contribution in [2.45, 2.75) is 53.1 Å². The van der Waals surface area contributed by atoms with Crippen molar-refractivity contribution >= 4 is 11.7 Å². The number of H-pyrrole nitrogens is 1. The minimum Gasteiger partial charge on any atom is -0.490 e. The van der Waals surface area contributed by atoms with Gasteiger partial charge in [0.15, 0.2) is 5.82 Å². The maximum Gasteiger partial charge on any atom is 0.350 e. The van der Waals surface area contributed by atoms with E-state index in [9.17, 15) is 9.59 Å². The van der Waals surface area contributed by atoms with Crippen molar-refractivity contribution in [2.24, 2.45) is 13.0 Å². The van der Waals surface area contributed by atoms with E-state index < -0.39 is 17.4 Å². The van der Waals surface area contributed by atoms with Gasteiger partial charge >= 0.3 is 5.69 Å². The standard InChI is InChI=1S/C22H29FN6O3/c1-12(2)9-14(5)32-18-11-17(29-22(31)28(6)20(27-29)13(3)4)16(23)10-15(18)21(30)25-19-7-8-24-26-19/h7-8,10-14H,9H2,1-6H3,(H2,24,25,26,30). The fraction of sp³-hybridized carbons (Fsp3) is 0.455. The van der Waals surface area contributed by atoms with Gasteiger partial charge in [-0.05, 0) is 25.3 Å². The minimum absolute atomic E-state index is 0.00193. The number of amides is 1. The number of rotatable bonds is 8. The predicted octanol–water partition coefficient (Wildman–Crippen LogP) is 3.62. The molecular weight excluding hydrogens is 415 g/mol. The van der Waals surface area contributed by atoms with Crippen LogP contribution in [0.3, 0.4) is 0 Å². The number of nitrogens with zero attached hydrogens (tertiary/aromatic N) is 4. The average molecular weight is 445 g/mol. The second-order valence-electron chi connectivity index (χ2n) is 8.54. The van der Waals surface area contributed by atoms with E-state index in [0.29, 0.717) is 17.6 Å². The molecule has 0 aliphatic rings. The Labute approximate surface area is 185 Å². The highest BCUT2D eigenvalue weighted by molar-refractivity contribution is 6.06. The minimum atomic E-state index is -0.767. The highest BCUT2D eigenvalue weighted by Crippen LogP contribution is 2.28. The van der Waals surface area contributed by atoms with Crippen LogP contribution in [0.25, 0.3) is 5.69 Å². The van der Waals surface area contributed by atoms with E-state index in [1.807, 2.05) is 20.8 Å². The number of carbonyl (C=O) groups is 1. The van der Waals surface area contributed by atoms with Gasteiger partial charge in [0.25, 0.3) is 5.91 Å². The number of ether oxygens (including phenoxy) is 1. The molecule has 3 rings (SSSR count). The van der Waals surface area contributed by atoms with Gasteiger partial charge in [-0.25, -0.2) is 9.18 Å². The fourth-order valence-corrected chi connectivity index (χ4v) is 3.53. The lowest BCUT2D eigenvalue weighted by Gasteiger charge is -2.19. The zero-order valence-corrected chi connectivity index (χ0v) is 19.1. The molecule has 0 fully saturated rings. The van der Waals surface area contributed by atoms with Gasteiger partial charge in [0, 0.05) is 31.3 Å². The van der Waals surface area contributed by atoms with Gasteiger partial charge in [-0.1, -0.05) is 27.7 Å². The molecular formula is C22H29FN6O3. The molecule has 2 heterocycles. The van der Waals surface area contributed by atoms with Gasteiger partial charge < -0.3 is 10.1 Å². The molecule has 9 nitrogen and oxygen atoms in total. The summed E-state index contributed by atoms with van der Waals surface area (Å²) in [7, 11) is 1.59. The van der Waals surface area contributed by atoms with Gasteiger partial charge in [-0.3, -0.25) is 14.5 Å². The van der Waals surface area contributed by atoms with Crippen LogP contribution in [0, 0.1) is 11.7 Å².